The Morgan fingerprint density at radius 1 is 1.32 bits per heavy atom. The standard InChI is InChI=1S/C18H23FN6/c1-20-18(22-6-2-9-25-10-8-21-13-25)23-7-5-14-12-24-17-4-3-15(19)11-16(14)17/h3-4,8,10-13,24H,2,5-7,9H2,1H3,(H2,20,22,23). The first-order chi connectivity index (χ1) is 12.3. The van der Waals surface area contributed by atoms with E-state index in [1.807, 2.05) is 23.3 Å². The number of imidazole rings is 1. The summed E-state index contributed by atoms with van der Waals surface area (Å²) in [5, 5.41) is 7.52. The number of nitrogens with one attached hydrogen (secondary N) is 3. The van der Waals surface area contributed by atoms with E-state index < -0.39 is 0 Å². The molecule has 0 atom stereocenters. The Morgan fingerprint density at radius 3 is 3.00 bits per heavy atom. The summed E-state index contributed by atoms with van der Waals surface area (Å²) in [5.41, 5.74) is 2.05. The second-order valence-corrected chi connectivity index (χ2v) is 5.83. The third kappa shape index (κ3) is 4.59. The zero-order valence-corrected chi connectivity index (χ0v) is 14.3. The van der Waals surface area contributed by atoms with Gasteiger partial charge in [-0.05, 0) is 36.6 Å². The third-order valence-corrected chi connectivity index (χ3v) is 4.08. The number of nitrogens with zero attached hydrogens (tertiary/aromatic N) is 3. The maximum absolute atomic E-state index is 13.4. The third-order valence-electron chi connectivity index (χ3n) is 4.08. The minimum absolute atomic E-state index is 0.211. The Balaban J connectivity index is 1.42. The molecule has 25 heavy (non-hydrogen) atoms. The maximum Gasteiger partial charge on any atom is 0.190 e. The molecule has 0 aliphatic rings. The van der Waals surface area contributed by atoms with E-state index in [9.17, 15) is 4.39 Å². The topological polar surface area (TPSA) is 70.0 Å². The molecule has 0 amide bonds. The van der Waals surface area contributed by atoms with Crippen molar-refractivity contribution < 1.29 is 4.39 Å². The minimum atomic E-state index is -0.211. The number of hydrogen-bond acceptors (Lipinski definition) is 2. The quantitative estimate of drug-likeness (QED) is 0.351. The van der Waals surface area contributed by atoms with Crippen molar-refractivity contribution in [1.29, 1.82) is 0 Å². The molecule has 7 heteroatoms. The van der Waals surface area contributed by atoms with Gasteiger partial charge in [-0.15, -0.1) is 0 Å². The molecule has 3 rings (SSSR count). The van der Waals surface area contributed by atoms with Gasteiger partial charge in [-0.2, -0.15) is 0 Å². The normalized spacial score (nSPS) is 11.8. The van der Waals surface area contributed by atoms with E-state index in [1.54, 1.807) is 25.4 Å². The van der Waals surface area contributed by atoms with Crippen LogP contribution in [0.1, 0.15) is 12.0 Å². The molecule has 0 spiro atoms. The van der Waals surface area contributed by atoms with Crippen LogP contribution in [0.2, 0.25) is 0 Å². The summed E-state index contributed by atoms with van der Waals surface area (Å²) in [6.45, 7) is 2.48. The number of benzene rings is 1. The summed E-state index contributed by atoms with van der Waals surface area (Å²) in [6.07, 6.45) is 9.27. The Kier molecular flexibility index (Phi) is 5.66. The van der Waals surface area contributed by atoms with E-state index >= 15 is 0 Å². The van der Waals surface area contributed by atoms with Gasteiger partial charge in [-0.1, -0.05) is 0 Å². The first-order valence-corrected chi connectivity index (χ1v) is 8.42. The van der Waals surface area contributed by atoms with E-state index in [2.05, 4.69) is 25.6 Å². The molecule has 0 bridgehead atoms. The van der Waals surface area contributed by atoms with E-state index in [0.29, 0.717) is 0 Å². The van der Waals surface area contributed by atoms with Crippen LogP contribution in [0.4, 0.5) is 4.39 Å². The largest absolute Gasteiger partial charge is 0.361 e. The molecule has 0 aliphatic heterocycles. The molecule has 1 aromatic carbocycles. The molecule has 0 fully saturated rings. The van der Waals surface area contributed by atoms with Crippen molar-refractivity contribution in [1.82, 2.24) is 25.2 Å². The molecule has 2 aromatic heterocycles. The number of aromatic nitrogens is 3. The molecule has 6 nitrogen and oxygen atoms in total. The molecule has 0 saturated carbocycles. The Bertz CT molecular complexity index is 821. The summed E-state index contributed by atoms with van der Waals surface area (Å²) < 4.78 is 15.5. The van der Waals surface area contributed by atoms with Crippen molar-refractivity contribution in [3.63, 3.8) is 0 Å². The summed E-state index contributed by atoms with van der Waals surface area (Å²) >= 11 is 0. The van der Waals surface area contributed by atoms with Crippen LogP contribution in [0.15, 0.2) is 48.1 Å². The number of guanidine groups is 1. The molecule has 0 saturated heterocycles. The number of aromatic amines is 1. The van der Waals surface area contributed by atoms with Crippen molar-refractivity contribution in [2.45, 2.75) is 19.4 Å². The number of rotatable bonds is 7. The van der Waals surface area contributed by atoms with Crippen LogP contribution in [-0.2, 0) is 13.0 Å². The molecule has 2 heterocycles. The predicted molar refractivity (Wildman–Crippen MR) is 98.2 cm³/mol. The fraction of sp³-hybridized carbons (Fsp3) is 0.333. The van der Waals surface area contributed by atoms with E-state index in [1.165, 1.54) is 6.07 Å². The number of hydrogen-bond donors (Lipinski definition) is 3. The van der Waals surface area contributed by atoms with Gasteiger partial charge in [0.25, 0.3) is 0 Å². The molecule has 3 aromatic rings. The van der Waals surface area contributed by atoms with Crippen LogP contribution in [0, 0.1) is 5.82 Å². The molecule has 132 valence electrons. The summed E-state index contributed by atoms with van der Waals surface area (Å²) in [5.74, 6) is 0.563. The highest BCUT2D eigenvalue weighted by Gasteiger charge is 2.05. The summed E-state index contributed by atoms with van der Waals surface area (Å²) in [4.78, 5) is 11.4. The Morgan fingerprint density at radius 2 is 2.20 bits per heavy atom. The van der Waals surface area contributed by atoms with E-state index in [4.69, 9.17) is 0 Å². The van der Waals surface area contributed by atoms with Crippen molar-refractivity contribution >= 4 is 16.9 Å². The molecule has 0 aliphatic carbocycles. The van der Waals surface area contributed by atoms with Crippen molar-refractivity contribution in [2.24, 2.45) is 4.99 Å². The predicted octanol–water partition coefficient (Wildman–Crippen LogP) is 2.30. The number of aryl methyl sites for hydroxylation is 1. The van der Waals surface area contributed by atoms with E-state index in [0.717, 1.165) is 54.9 Å². The zero-order valence-electron chi connectivity index (χ0n) is 14.3. The monoisotopic (exact) mass is 342 g/mol. The lowest BCUT2D eigenvalue weighted by Gasteiger charge is -2.11. The van der Waals surface area contributed by atoms with Gasteiger partial charge in [0.05, 0.1) is 6.33 Å². The van der Waals surface area contributed by atoms with Gasteiger partial charge in [-0.3, -0.25) is 4.99 Å². The fourth-order valence-electron chi connectivity index (χ4n) is 2.78. The summed E-state index contributed by atoms with van der Waals surface area (Å²) in [6, 6.07) is 4.81. The maximum atomic E-state index is 13.4. The minimum Gasteiger partial charge on any atom is -0.361 e. The van der Waals surface area contributed by atoms with Crippen molar-refractivity contribution in [3.05, 3.63) is 54.5 Å². The van der Waals surface area contributed by atoms with Crippen LogP contribution in [0.3, 0.4) is 0 Å². The van der Waals surface area contributed by atoms with Gasteiger partial charge < -0.3 is 20.2 Å². The van der Waals surface area contributed by atoms with Crippen molar-refractivity contribution in [2.75, 3.05) is 20.1 Å². The van der Waals surface area contributed by atoms with Crippen LogP contribution >= 0.6 is 0 Å². The lowest BCUT2D eigenvalue weighted by atomic mass is 10.1. The van der Waals surface area contributed by atoms with Gasteiger partial charge in [0.1, 0.15) is 5.82 Å². The highest BCUT2D eigenvalue weighted by atomic mass is 19.1. The van der Waals surface area contributed by atoms with Gasteiger partial charge in [-0.25, -0.2) is 9.37 Å². The first kappa shape index (κ1) is 17.0. The fourth-order valence-corrected chi connectivity index (χ4v) is 2.78. The average Bonchev–Trinajstić information content (AvgIpc) is 3.27. The Labute approximate surface area is 146 Å². The lowest BCUT2D eigenvalue weighted by Crippen LogP contribution is -2.38. The number of fused-ring (bicyclic) bond motifs is 1. The number of halogens is 1. The molecular formula is C18H23FN6. The van der Waals surface area contributed by atoms with E-state index in [-0.39, 0.29) is 5.82 Å². The lowest BCUT2D eigenvalue weighted by molar-refractivity contribution is 0.624. The molecular weight excluding hydrogens is 319 g/mol. The van der Waals surface area contributed by atoms with Crippen LogP contribution in [0.5, 0.6) is 0 Å². The second kappa shape index (κ2) is 8.32. The molecule has 3 N–H and O–H groups in total. The van der Waals surface area contributed by atoms with Gasteiger partial charge in [0, 0.05) is 56.2 Å². The van der Waals surface area contributed by atoms with Crippen LogP contribution in [-0.4, -0.2) is 40.6 Å². The number of aliphatic imine (C=N–C) groups is 1. The average molecular weight is 342 g/mol. The summed E-state index contributed by atoms with van der Waals surface area (Å²) in [7, 11) is 1.76. The highest BCUT2D eigenvalue weighted by Crippen LogP contribution is 2.19. The van der Waals surface area contributed by atoms with Crippen molar-refractivity contribution in [3.8, 4) is 0 Å². The van der Waals surface area contributed by atoms with Gasteiger partial charge >= 0.3 is 0 Å². The number of H-pyrrole nitrogens is 1. The van der Waals surface area contributed by atoms with Gasteiger partial charge in [0.15, 0.2) is 5.96 Å². The SMILES string of the molecule is CN=C(NCCCn1ccnc1)NCCc1c[nH]c2ccc(F)cc12. The Hall–Kier alpha value is -2.83. The van der Waals surface area contributed by atoms with Crippen LogP contribution in [0.25, 0.3) is 10.9 Å². The second-order valence-electron chi connectivity index (χ2n) is 5.83. The molecule has 0 unspecified atom stereocenters. The van der Waals surface area contributed by atoms with Crippen LogP contribution < -0.4 is 10.6 Å². The highest BCUT2D eigenvalue weighted by molar-refractivity contribution is 5.83. The first-order valence-electron chi connectivity index (χ1n) is 8.42. The zero-order chi connectivity index (χ0) is 17.5. The van der Waals surface area contributed by atoms with Gasteiger partial charge in [0.2, 0.25) is 0 Å². The molecule has 0 radical (unpaired) electrons. The smallest absolute Gasteiger partial charge is 0.190 e.